The van der Waals surface area contributed by atoms with E-state index in [1.54, 1.807) is 35.1 Å². The van der Waals surface area contributed by atoms with Crippen molar-refractivity contribution in [3.05, 3.63) is 66.5 Å². The number of carbonyl (C=O) groups excluding carboxylic acids is 1. The van der Waals surface area contributed by atoms with Crippen molar-refractivity contribution in [1.29, 1.82) is 0 Å². The third-order valence-electron chi connectivity index (χ3n) is 4.03. The van der Waals surface area contributed by atoms with Gasteiger partial charge < -0.3 is 10.5 Å². The van der Waals surface area contributed by atoms with Gasteiger partial charge in [-0.15, -0.1) is 5.10 Å². The summed E-state index contributed by atoms with van der Waals surface area (Å²) in [4.78, 5) is 20.7. The molecule has 0 fully saturated rings. The predicted octanol–water partition coefficient (Wildman–Crippen LogP) is 2.83. The molecule has 4 aromatic rings. The number of nitrogens with two attached hydrogens (primary N) is 1. The second kappa shape index (κ2) is 6.29. The van der Waals surface area contributed by atoms with Gasteiger partial charge in [0.15, 0.2) is 11.5 Å². The van der Waals surface area contributed by atoms with Crippen LogP contribution >= 0.6 is 0 Å². The topological polar surface area (TPSA) is 95.4 Å². The number of esters is 1. The van der Waals surface area contributed by atoms with Gasteiger partial charge in [-0.2, -0.15) is 0 Å². The number of ether oxygens (including phenoxy) is 1. The fourth-order valence-electron chi connectivity index (χ4n) is 2.73. The minimum atomic E-state index is -0.465. The van der Waals surface area contributed by atoms with Crippen molar-refractivity contribution >= 4 is 17.3 Å². The van der Waals surface area contributed by atoms with E-state index >= 15 is 0 Å². The molecule has 0 saturated carbocycles. The van der Waals surface area contributed by atoms with Gasteiger partial charge in [-0.05, 0) is 48.5 Å². The number of hydrogen-bond donors (Lipinski definition) is 1. The van der Waals surface area contributed by atoms with Crippen molar-refractivity contribution in [3.63, 3.8) is 0 Å². The minimum Gasteiger partial charge on any atom is -0.465 e. The molecule has 26 heavy (non-hydrogen) atoms. The number of benzene rings is 1. The highest BCUT2D eigenvalue weighted by Crippen LogP contribution is 2.25. The van der Waals surface area contributed by atoms with Crippen LogP contribution in [0.2, 0.25) is 0 Å². The minimum absolute atomic E-state index is 0.347. The molecule has 2 N–H and O–H groups in total. The zero-order chi connectivity index (χ0) is 18.1. The highest BCUT2D eigenvalue weighted by molar-refractivity contribution is 5.96. The van der Waals surface area contributed by atoms with E-state index in [0.717, 1.165) is 16.8 Å². The number of rotatable bonds is 3. The van der Waals surface area contributed by atoms with Crippen LogP contribution in [-0.2, 0) is 4.74 Å². The van der Waals surface area contributed by atoms with E-state index in [0.29, 0.717) is 22.7 Å². The Morgan fingerprint density at radius 3 is 2.42 bits per heavy atom. The van der Waals surface area contributed by atoms with Gasteiger partial charge in [0.1, 0.15) is 5.56 Å². The maximum absolute atomic E-state index is 12.1. The van der Waals surface area contributed by atoms with Crippen LogP contribution in [0.25, 0.3) is 28.3 Å². The second-order valence-corrected chi connectivity index (χ2v) is 5.65. The van der Waals surface area contributed by atoms with E-state index in [9.17, 15) is 4.79 Å². The normalized spacial score (nSPS) is 10.8. The molecule has 4 rings (SSSR count). The summed E-state index contributed by atoms with van der Waals surface area (Å²) < 4.78 is 6.52. The molecule has 7 heteroatoms. The molecule has 3 aromatic heterocycles. The molecule has 0 aliphatic carbocycles. The zero-order valence-electron chi connectivity index (χ0n) is 14.0. The first-order chi connectivity index (χ1) is 12.7. The van der Waals surface area contributed by atoms with Crippen molar-refractivity contribution in [1.82, 2.24) is 19.6 Å². The molecule has 0 atom stereocenters. The molecule has 3 heterocycles. The van der Waals surface area contributed by atoms with Crippen molar-refractivity contribution in [3.8, 4) is 22.6 Å². The first-order valence-corrected chi connectivity index (χ1v) is 7.92. The molecule has 0 saturated heterocycles. The molecule has 0 aliphatic heterocycles. The molecule has 0 amide bonds. The lowest BCUT2D eigenvalue weighted by Gasteiger charge is -2.06. The predicted molar refractivity (Wildman–Crippen MR) is 97.4 cm³/mol. The third-order valence-corrected chi connectivity index (χ3v) is 4.03. The van der Waals surface area contributed by atoms with Crippen molar-refractivity contribution in [2.24, 2.45) is 0 Å². The molecule has 128 valence electrons. The number of anilines is 1. The monoisotopic (exact) mass is 345 g/mol. The van der Waals surface area contributed by atoms with E-state index in [-0.39, 0.29) is 0 Å². The lowest BCUT2D eigenvalue weighted by Crippen LogP contribution is -2.06. The summed E-state index contributed by atoms with van der Waals surface area (Å²) >= 11 is 0. The summed E-state index contributed by atoms with van der Waals surface area (Å²) in [6.45, 7) is 0. The first-order valence-electron chi connectivity index (χ1n) is 7.92. The molecule has 0 radical (unpaired) electrons. The quantitative estimate of drug-likeness (QED) is 0.453. The SMILES string of the molecule is COC(=O)c1ccc(-c2ccncc2)n2nc(-c3ccc(N)cc3)nc12. The van der Waals surface area contributed by atoms with E-state index < -0.39 is 5.97 Å². The Hall–Kier alpha value is -3.74. The summed E-state index contributed by atoms with van der Waals surface area (Å²) in [5, 5.41) is 4.60. The van der Waals surface area contributed by atoms with Gasteiger partial charge in [0.2, 0.25) is 0 Å². The van der Waals surface area contributed by atoms with Crippen LogP contribution in [0.5, 0.6) is 0 Å². The Bertz CT molecular complexity index is 1090. The fraction of sp³-hybridized carbons (Fsp3) is 0.0526. The second-order valence-electron chi connectivity index (χ2n) is 5.65. The number of pyridine rings is 2. The maximum Gasteiger partial charge on any atom is 0.341 e. The number of nitrogens with zero attached hydrogens (tertiary/aromatic N) is 4. The number of nitrogen functional groups attached to an aromatic ring is 1. The standard InChI is InChI=1S/C19H15N5O2/c1-26-19(25)15-6-7-16(12-8-10-21-11-9-12)24-18(15)22-17(23-24)13-2-4-14(20)5-3-13/h2-11H,20H2,1H3. The van der Waals surface area contributed by atoms with E-state index in [1.165, 1.54) is 7.11 Å². The summed E-state index contributed by atoms with van der Waals surface area (Å²) in [5.74, 6) is 0.0317. The van der Waals surface area contributed by atoms with Crippen LogP contribution in [0, 0.1) is 0 Å². The zero-order valence-corrected chi connectivity index (χ0v) is 14.0. The average Bonchev–Trinajstić information content (AvgIpc) is 3.13. The lowest BCUT2D eigenvalue weighted by molar-refractivity contribution is 0.0602. The molecule has 7 nitrogen and oxygen atoms in total. The summed E-state index contributed by atoms with van der Waals surface area (Å²) in [6, 6.07) is 14.5. The molecular formula is C19H15N5O2. The van der Waals surface area contributed by atoms with Crippen LogP contribution in [0.1, 0.15) is 10.4 Å². The van der Waals surface area contributed by atoms with Gasteiger partial charge in [-0.1, -0.05) is 0 Å². The Morgan fingerprint density at radius 2 is 1.73 bits per heavy atom. The van der Waals surface area contributed by atoms with Crippen LogP contribution in [0.4, 0.5) is 5.69 Å². The number of aromatic nitrogens is 4. The van der Waals surface area contributed by atoms with E-state index in [2.05, 4.69) is 15.1 Å². The molecule has 1 aromatic carbocycles. The Balaban J connectivity index is 1.97. The molecule has 0 bridgehead atoms. The van der Waals surface area contributed by atoms with E-state index in [4.69, 9.17) is 10.5 Å². The van der Waals surface area contributed by atoms with Gasteiger partial charge in [-0.3, -0.25) is 4.98 Å². The number of methoxy groups -OCH3 is 1. The van der Waals surface area contributed by atoms with Crippen LogP contribution in [0.15, 0.2) is 60.9 Å². The molecule has 0 spiro atoms. The third kappa shape index (κ3) is 2.65. The Kier molecular flexibility index (Phi) is 3.81. The Labute approximate surface area is 149 Å². The number of hydrogen-bond acceptors (Lipinski definition) is 6. The number of carbonyl (C=O) groups is 1. The number of fused-ring (bicyclic) bond motifs is 1. The molecule has 0 aliphatic rings. The average molecular weight is 345 g/mol. The van der Waals surface area contributed by atoms with Gasteiger partial charge in [0.25, 0.3) is 0 Å². The van der Waals surface area contributed by atoms with Gasteiger partial charge >= 0.3 is 5.97 Å². The lowest BCUT2D eigenvalue weighted by atomic mass is 10.1. The maximum atomic E-state index is 12.1. The summed E-state index contributed by atoms with van der Waals surface area (Å²) in [7, 11) is 1.34. The first kappa shape index (κ1) is 15.8. The smallest absolute Gasteiger partial charge is 0.341 e. The van der Waals surface area contributed by atoms with Crippen molar-refractivity contribution < 1.29 is 9.53 Å². The summed E-state index contributed by atoms with van der Waals surface area (Å²) in [6.07, 6.45) is 3.40. The van der Waals surface area contributed by atoms with Gasteiger partial charge in [-0.25, -0.2) is 14.3 Å². The Morgan fingerprint density at radius 1 is 1.00 bits per heavy atom. The molecule has 0 unspecified atom stereocenters. The van der Waals surface area contributed by atoms with Crippen molar-refractivity contribution in [2.75, 3.05) is 12.8 Å². The van der Waals surface area contributed by atoms with Gasteiger partial charge in [0, 0.05) is 29.2 Å². The largest absolute Gasteiger partial charge is 0.465 e. The highest BCUT2D eigenvalue weighted by Gasteiger charge is 2.18. The van der Waals surface area contributed by atoms with Gasteiger partial charge in [0.05, 0.1) is 12.8 Å². The van der Waals surface area contributed by atoms with Crippen LogP contribution < -0.4 is 5.73 Å². The van der Waals surface area contributed by atoms with Crippen LogP contribution in [0.3, 0.4) is 0 Å². The summed E-state index contributed by atoms with van der Waals surface area (Å²) in [5.41, 5.74) is 9.69. The highest BCUT2D eigenvalue weighted by atomic mass is 16.5. The van der Waals surface area contributed by atoms with Crippen LogP contribution in [-0.4, -0.2) is 32.7 Å². The molecular weight excluding hydrogens is 330 g/mol. The fourth-order valence-corrected chi connectivity index (χ4v) is 2.73. The van der Waals surface area contributed by atoms with Crippen molar-refractivity contribution in [2.45, 2.75) is 0 Å². The van der Waals surface area contributed by atoms with E-state index in [1.807, 2.05) is 30.3 Å².